The maximum absolute atomic E-state index is 12.4. The summed E-state index contributed by atoms with van der Waals surface area (Å²) in [6.45, 7) is 7.99. The minimum Gasteiger partial charge on any atom is -0.491 e. The van der Waals surface area contributed by atoms with Gasteiger partial charge in [0.15, 0.2) is 0 Å². The molecule has 30 heavy (non-hydrogen) atoms. The van der Waals surface area contributed by atoms with Crippen LogP contribution in [-0.2, 0) is 21.2 Å². The van der Waals surface area contributed by atoms with Crippen molar-refractivity contribution in [3.05, 3.63) is 59.2 Å². The Morgan fingerprint density at radius 1 is 1.13 bits per heavy atom. The van der Waals surface area contributed by atoms with Crippen molar-refractivity contribution in [2.75, 3.05) is 23.7 Å². The van der Waals surface area contributed by atoms with Gasteiger partial charge in [-0.15, -0.1) is 0 Å². The molecule has 2 rings (SSSR count). The molecule has 0 saturated carbocycles. The third-order valence-electron chi connectivity index (χ3n) is 4.54. The molecule has 0 aliphatic rings. The summed E-state index contributed by atoms with van der Waals surface area (Å²) >= 11 is 0. The standard InChI is InChI=1S/C23H32N2O4S/c1-17(2)29-21-10-6-8-20(15-21)9-7-13-24-23(26)16-25(30(5,27)28)22-12-11-18(3)14-19(22)4/h6,8,10-12,14-15,17H,7,9,13,16H2,1-5H3,(H,24,26). The minimum atomic E-state index is -3.58. The highest BCUT2D eigenvalue weighted by molar-refractivity contribution is 7.92. The number of nitrogens with one attached hydrogen (secondary N) is 1. The van der Waals surface area contributed by atoms with E-state index < -0.39 is 10.0 Å². The van der Waals surface area contributed by atoms with E-state index in [4.69, 9.17) is 4.74 Å². The van der Waals surface area contributed by atoms with E-state index >= 15 is 0 Å². The fraction of sp³-hybridized carbons (Fsp3) is 0.435. The van der Waals surface area contributed by atoms with Crippen molar-refractivity contribution >= 4 is 21.6 Å². The molecular weight excluding hydrogens is 400 g/mol. The zero-order valence-corrected chi connectivity index (χ0v) is 19.3. The first kappa shape index (κ1) is 23.7. The molecule has 1 N–H and O–H groups in total. The number of sulfonamides is 1. The second kappa shape index (κ2) is 10.5. The molecule has 0 radical (unpaired) electrons. The van der Waals surface area contributed by atoms with Crippen molar-refractivity contribution in [1.29, 1.82) is 0 Å². The third kappa shape index (κ3) is 7.37. The summed E-state index contributed by atoms with van der Waals surface area (Å²) in [7, 11) is -3.58. The summed E-state index contributed by atoms with van der Waals surface area (Å²) in [5, 5.41) is 2.83. The molecule has 2 aromatic carbocycles. The molecule has 6 nitrogen and oxygen atoms in total. The van der Waals surface area contributed by atoms with Crippen LogP contribution in [0.15, 0.2) is 42.5 Å². The van der Waals surface area contributed by atoms with Crippen molar-refractivity contribution < 1.29 is 17.9 Å². The second-order valence-electron chi connectivity index (χ2n) is 7.83. The van der Waals surface area contributed by atoms with Gasteiger partial charge in [-0.1, -0.05) is 29.8 Å². The summed E-state index contributed by atoms with van der Waals surface area (Å²) in [4.78, 5) is 12.4. The van der Waals surface area contributed by atoms with E-state index in [1.165, 1.54) is 0 Å². The monoisotopic (exact) mass is 432 g/mol. The van der Waals surface area contributed by atoms with Crippen molar-refractivity contribution in [3.63, 3.8) is 0 Å². The van der Waals surface area contributed by atoms with Gasteiger partial charge < -0.3 is 10.1 Å². The topological polar surface area (TPSA) is 75.7 Å². The Morgan fingerprint density at radius 2 is 1.87 bits per heavy atom. The van der Waals surface area contributed by atoms with Crippen LogP contribution in [0.1, 0.15) is 37.0 Å². The summed E-state index contributed by atoms with van der Waals surface area (Å²) < 4.78 is 31.4. The van der Waals surface area contributed by atoms with Gasteiger partial charge in [0, 0.05) is 6.54 Å². The number of carbonyl (C=O) groups is 1. The lowest BCUT2D eigenvalue weighted by atomic mass is 10.1. The van der Waals surface area contributed by atoms with Gasteiger partial charge in [-0.05, 0) is 69.9 Å². The second-order valence-corrected chi connectivity index (χ2v) is 9.73. The maximum atomic E-state index is 12.4. The summed E-state index contributed by atoms with van der Waals surface area (Å²) in [5.74, 6) is 0.515. The van der Waals surface area contributed by atoms with E-state index in [0.717, 1.165) is 45.8 Å². The summed E-state index contributed by atoms with van der Waals surface area (Å²) in [6, 6.07) is 13.4. The molecule has 0 bridgehead atoms. The maximum Gasteiger partial charge on any atom is 0.240 e. The minimum absolute atomic E-state index is 0.120. The fourth-order valence-corrected chi connectivity index (χ4v) is 4.13. The van der Waals surface area contributed by atoms with Gasteiger partial charge in [-0.25, -0.2) is 8.42 Å². The van der Waals surface area contributed by atoms with Crippen LogP contribution in [0.3, 0.4) is 0 Å². The molecule has 7 heteroatoms. The molecule has 0 aliphatic carbocycles. The average molecular weight is 433 g/mol. The van der Waals surface area contributed by atoms with Crippen LogP contribution in [-0.4, -0.2) is 39.8 Å². The number of rotatable bonds is 10. The van der Waals surface area contributed by atoms with Gasteiger partial charge in [-0.3, -0.25) is 9.10 Å². The fourth-order valence-electron chi connectivity index (χ4n) is 3.22. The Labute approximate surface area is 180 Å². The average Bonchev–Trinajstić information content (AvgIpc) is 2.63. The largest absolute Gasteiger partial charge is 0.491 e. The van der Waals surface area contributed by atoms with E-state index in [9.17, 15) is 13.2 Å². The Kier molecular flexibility index (Phi) is 8.29. The number of benzene rings is 2. The van der Waals surface area contributed by atoms with E-state index in [2.05, 4.69) is 5.32 Å². The molecule has 0 heterocycles. The Bertz CT molecular complexity index is 971. The van der Waals surface area contributed by atoms with E-state index in [1.54, 1.807) is 6.07 Å². The van der Waals surface area contributed by atoms with Crippen LogP contribution in [0.25, 0.3) is 0 Å². The molecule has 0 atom stereocenters. The molecule has 0 spiro atoms. The van der Waals surface area contributed by atoms with Crippen LogP contribution < -0.4 is 14.4 Å². The number of nitrogens with zero attached hydrogens (tertiary/aromatic N) is 1. The number of hydrogen-bond acceptors (Lipinski definition) is 4. The van der Waals surface area contributed by atoms with Crippen molar-refractivity contribution in [2.45, 2.75) is 46.6 Å². The number of anilines is 1. The van der Waals surface area contributed by atoms with Gasteiger partial charge in [0.05, 0.1) is 18.0 Å². The Morgan fingerprint density at radius 3 is 2.50 bits per heavy atom. The smallest absolute Gasteiger partial charge is 0.240 e. The van der Waals surface area contributed by atoms with Gasteiger partial charge in [0.25, 0.3) is 0 Å². The summed E-state index contributed by atoms with van der Waals surface area (Å²) in [6.07, 6.45) is 2.78. The molecule has 0 fully saturated rings. The number of hydrogen-bond donors (Lipinski definition) is 1. The van der Waals surface area contributed by atoms with Crippen LogP contribution in [0, 0.1) is 13.8 Å². The van der Waals surface area contributed by atoms with Crippen LogP contribution in [0.5, 0.6) is 5.75 Å². The first-order valence-electron chi connectivity index (χ1n) is 10.1. The Balaban J connectivity index is 1.91. The zero-order valence-electron chi connectivity index (χ0n) is 18.4. The van der Waals surface area contributed by atoms with Gasteiger partial charge in [-0.2, -0.15) is 0 Å². The predicted molar refractivity (Wildman–Crippen MR) is 122 cm³/mol. The highest BCUT2D eigenvalue weighted by Gasteiger charge is 2.22. The van der Waals surface area contributed by atoms with E-state index in [0.29, 0.717) is 12.2 Å². The predicted octanol–water partition coefficient (Wildman–Crippen LogP) is 3.61. The summed E-state index contributed by atoms with van der Waals surface area (Å²) in [5.41, 5.74) is 3.52. The Hall–Kier alpha value is -2.54. The van der Waals surface area contributed by atoms with Crippen molar-refractivity contribution in [2.24, 2.45) is 0 Å². The zero-order chi connectivity index (χ0) is 22.3. The number of aryl methyl sites for hydroxylation is 3. The van der Waals surface area contributed by atoms with Crippen molar-refractivity contribution in [3.8, 4) is 5.75 Å². The first-order valence-corrected chi connectivity index (χ1v) is 12.0. The molecule has 0 aliphatic heterocycles. The SMILES string of the molecule is Cc1ccc(N(CC(=O)NCCCc2cccc(OC(C)C)c2)S(C)(=O)=O)c(C)c1. The molecule has 2 aromatic rings. The molecule has 0 aromatic heterocycles. The number of carbonyl (C=O) groups excluding carboxylic acids is 1. The molecule has 164 valence electrons. The van der Waals surface area contributed by atoms with Gasteiger partial charge in [0.2, 0.25) is 15.9 Å². The third-order valence-corrected chi connectivity index (χ3v) is 5.67. The normalized spacial score (nSPS) is 11.4. The molecule has 0 unspecified atom stereocenters. The molecule has 1 amide bonds. The molecular formula is C23H32N2O4S. The highest BCUT2D eigenvalue weighted by Crippen LogP contribution is 2.23. The van der Waals surface area contributed by atoms with E-state index in [-0.39, 0.29) is 18.6 Å². The van der Waals surface area contributed by atoms with Crippen LogP contribution in [0.4, 0.5) is 5.69 Å². The lowest BCUT2D eigenvalue weighted by Gasteiger charge is -2.24. The number of amides is 1. The first-order chi connectivity index (χ1) is 14.1. The van der Waals surface area contributed by atoms with Crippen LogP contribution in [0.2, 0.25) is 0 Å². The van der Waals surface area contributed by atoms with Gasteiger partial charge >= 0.3 is 0 Å². The van der Waals surface area contributed by atoms with E-state index in [1.807, 2.05) is 64.1 Å². The van der Waals surface area contributed by atoms with Gasteiger partial charge in [0.1, 0.15) is 12.3 Å². The molecule has 0 saturated heterocycles. The van der Waals surface area contributed by atoms with Crippen molar-refractivity contribution in [1.82, 2.24) is 5.32 Å². The van der Waals surface area contributed by atoms with Crippen LogP contribution >= 0.6 is 0 Å². The highest BCUT2D eigenvalue weighted by atomic mass is 32.2. The number of ether oxygens (including phenoxy) is 1. The lowest BCUT2D eigenvalue weighted by molar-refractivity contribution is -0.119. The quantitative estimate of drug-likeness (QED) is 0.582. The lowest BCUT2D eigenvalue weighted by Crippen LogP contribution is -2.41.